The Morgan fingerprint density at radius 2 is 1.92 bits per heavy atom. The van der Waals surface area contributed by atoms with E-state index in [4.69, 9.17) is 4.52 Å². The van der Waals surface area contributed by atoms with Crippen molar-refractivity contribution in [1.29, 1.82) is 0 Å². The third-order valence-corrected chi connectivity index (χ3v) is 3.37. The molecule has 0 bridgehead atoms. The SMILES string of the molecule is Cc1cc(NC(=O)c2cc(Nc3ccccc3C(F)(F)F)ccn2)no1. The van der Waals surface area contributed by atoms with E-state index in [0.29, 0.717) is 5.76 Å². The molecule has 0 radical (unpaired) electrons. The van der Waals surface area contributed by atoms with Crippen molar-refractivity contribution < 1.29 is 22.5 Å². The third-order valence-electron chi connectivity index (χ3n) is 3.37. The summed E-state index contributed by atoms with van der Waals surface area (Å²) in [6.45, 7) is 1.67. The van der Waals surface area contributed by atoms with Crippen LogP contribution in [-0.2, 0) is 6.18 Å². The number of halogens is 3. The zero-order valence-electron chi connectivity index (χ0n) is 13.5. The summed E-state index contributed by atoms with van der Waals surface area (Å²) in [5.74, 6) is 0.175. The Kier molecular flexibility index (Phi) is 4.61. The number of hydrogen-bond donors (Lipinski definition) is 2. The van der Waals surface area contributed by atoms with Crippen molar-refractivity contribution in [2.45, 2.75) is 13.1 Å². The molecular formula is C17H13F3N4O2. The van der Waals surface area contributed by atoms with Crippen LogP contribution < -0.4 is 10.6 Å². The Morgan fingerprint density at radius 3 is 2.62 bits per heavy atom. The second-order valence-corrected chi connectivity index (χ2v) is 5.38. The molecule has 2 aromatic heterocycles. The lowest BCUT2D eigenvalue weighted by Crippen LogP contribution is -2.14. The lowest BCUT2D eigenvalue weighted by Gasteiger charge is -2.14. The van der Waals surface area contributed by atoms with Gasteiger partial charge in [0.05, 0.1) is 11.3 Å². The molecule has 26 heavy (non-hydrogen) atoms. The average Bonchev–Trinajstić information content (AvgIpc) is 2.99. The van der Waals surface area contributed by atoms with Gasteiger partial charge in [-0.2, -0.15) is 13.2 Å². The molecule has 0 spiro atoms. The van der Waals surface area contributed by atoms with E-state index < -0.39 is 17.6 Å². The van der Waals surface area contributed by atoms with Gasteiger partial charge in [0.1, 0.15) is 11.5 Å². The van der Waals surface area contributed by atoms with E-state index in [-0.39, 0.29) is 22.9 Å². The van der Waals surface area contributed by atoms with Gasteiger partial charge < -0.3 is 15.2 Å². The largest absolute Gasteiger partial charge is 0.418 e. The highest BCUT2D eigenvalue weighted by Gasteiger charge is 2.33. The quantitative estimate of drug-likeness (QED) is 0.719. The molecule has 0 saturated heterocycles. The molecule has 0 aliphatic heterocycles. The first-order chi connectivity index (χ1) is 12.3. The molecule has 2 heterocycles. The molecule has 134 valence electrons. The zero-order chi connectivity index (χ0) is 18.7. The van der Waals surface area contributed by atoms with Crippen LogP contribution in [0.1, 0.15) is 21.8 Å². The number of hydrogen-bond acceptors (Lipinski definition) is 5. The monoisotopic (exact) mass is 362 g/mol. The maximum atomic E-state index is 13.1. The number of benzene rings is 1. The summed E-state index contributed by atoms with van der Waals surface area (Å²) in [5, 5.41) is 8.79. The van der Waals surface area contributed by atoms with Crippen LogP contribution in [0.25, 0.3) is 0 Å². The minimum absolute atomic E-state index is 0.0140. The minimum Gasteiger partial charge on any atom is -0.360 e. The van der Waals surface area contributed by atoms with Crippen molar-refractivity contribution in [3.8, 4) is 0 Å². The first kappa shape index (κ1) is 17.5. The number of carbonyl (C=O) groups excluding carboxylic acids is 1. The highest BCUT2D eigenvalue weighted by atomic mass is 19.4. The molecule has 3 aromatic rings. The molecule has 3 rings (SSSR count). The lowest BCUT2D eigenvalue weighted by atomic mass is 10.1. The van der Waals surface area contributed by atoms with Crippen LogP contribution in [0.5, 0.6) is 0 Å². The van der Waals surface area contributed by atoms with E-state index in [0.717, 1.165) is 6.07 Å². The Balaban J connectivity index is 1.81. The first-order valence-corrected chi connectivity index (χ1v) is 7.47. The third kappa shape index (κ3) is 4.00. The lowest BCUT2D eigenvalue weighted by molar-refractivity contribution is -0.136. The summed E-state index contributed by atoms with van der Waals surface area (Å²) < 4.78 is 44.1. The van der Waals surface area contributed by atoms with Crippen molar-refractivity contribution in [2.24, 2.45) is 0 Å². The summed E-state index contributed by atoms with van der Waals surface area (Å²) in [7, 11) is 0. The van der Waals surface area contributed by atoms with Crippen LogP contribution in [0.3, 0.4) is 0 Å². The van der Waals surface area contributed by atoms with Crippen LogP contribution in [0.2, 0.25) is 0 Å². The number of alkyl halides is 3. The molecule has 1 aromatic carbocycles. The predicted octanol–water partition coefficient (Wildman–Crippen LogP) is 4.39. The number of anilines is 3. The molecule has 0 aliphatic rings. The maximum absolute atomic E-state index is 13.1. The van der Waals surface area contributed by atoms with Crippen molar-refractivity contribution in [1.82, 2.24) is 10.1 Å². The fourth-order valence-corrected chi connectivity index (χ4v) is 2.23. The van der Waals surface area contributed by atoms with Gasteiger partial charge in [-0.05, 0) is 31.2 Å². The molecule has 9 heteroatoms. The van der Waals surface area contributed by atoms with Gasteiger partial charge in [-0.15, -0.1) is 0 Å². The van der Waals surface area contributed by atoms with Crippen LogP contribution in [0, 0.1) is 6.92 Å². The Morgan fingerprint density at radius 1 is 1.15 bits per heavy atom. The van der Waals surface area contributed by atoms with Gasteiger partial charge in [0.2, 0.25) is 0 Å². The number of rotatable bonds is 4. The van der Waals surface area contributed by atoms with E-state index >= 15 is 0 Å². The van der Waals surface area contributed by atoms with Crippen molar-refractivity contribution >= 4 is 23.1 Å². The number of amides is 1. The van der Waals surface area contributed by atoms with Gasteiger partial charge in [0.15, 0.2) is 5.82 Å². The number of nitrogens with zero attached hydrogens (tertiary/aromatic N) is 2. The maximum Gasteiger partial charge on any atom is 0.418 e. The summed E-state index contributed by atoms with van der Waals surface area (Å²) in [5.41, 5.74) is -0.621. The smallest absolute Gasteiger partial charge is 0.360 e. The van der Waals surface area contributed by atoms with Crippen molar-refractivity contribution in [3.63, 3.8) is 0 Å². The minimum atomic E-state index is -4.50. The Bertz CT molecular complexity index is 938. The predicted molar refractivity (Wildman–Crippen MR) is 88.2 cm³/mol. The number of nitrogens with one attached hydrogen (secondary N) is 2. The van der Waals surface area contributed by atoms with Gasteiger partial charge in [-0.25, -0.2) is 0 Å². The van der Waals surface area contributed by atoms with Gasteiger partial charge in [-0.1, -0.05) is 17.3 Å². The highest BCUT2D eigenvalue weighted by Crippen LogP contribution is 2.35. The van der Waals surface area contributed by atoms with Crippen LogP contribution >= 0.6 is 0 Å². The molecule has 0 atom stereocenters. The van der Waals surface area contributed by atoms with Crippen LogP contribution in [0.4, 0.5) is 30.4 Å². The van der Waals surface area contributed by atoms with Crippen LogP contribution in [-0.4, -0.2) is 16.0 Å². The number of para-hydroxylation sites is 1. The number of aryl methyl sites for hydroxylation is 1. The fraction of sp³-hybridized carbons (Fsp3) is 0.118. The van der Waals surface area contributed by atoms with Crippen molar-refractivity contribution in [3.05, 3.63) is 65.7 Å². The Labute approximate surface area is 146 Å². The molecule has 0 fully saturated rings. The van der Waals surface area contributed by atoms with E-state index in [2.05, 4.69) is 20.8 Å². The molecule has 6 nitrogen and oxygen atoms in total. The normalized spacial score (nSPS) is 11.2. The number of pyridine rings is 1. The summed E-state index contributed by atoms with van der Waals surface area (Å²) in [4.78, 5) is 16.1. The molecule has 0 aliphatic carbocycles. The standard InChI is InChI=1S/C17H13F3N4O2/c1-10-8-15(24-26-10)23-16(25)14-9-11(6-7-21-14)22-13-5-3-2-4-12(13)17(18,19)20/h2-9H,1H3,(H,21,22)(H,23,24,25). The zero-order valence-corrected chi connectivity index (χ0v) is 13.5. The Hall–Kier alpha value is -3.36. The fourth-order valence-electron chi connectivity index (χ4n) is 2.23. The summed E-state index contributed by atoms with van der Waals surface area (Å²) in [6, 6.07) is 9.41. The number of carbonyl (C=O) groups is 1. The number of aromatic nitrogens is 2. The second-order valence-electron chi connectivity index (χ2n) is 5.38. The van der Waals surface area contributed by atoms with E-state index in [1.165, 1.54) is 42.6 Å². The topological polar surface area (TPSA) is 80.0 Å². The van der Waals surface area contributed by atoms with E-state index in [1.807, 2.05) is 0 Å². The van der Waals surface area contributed by atoms with E-state index in [9.17, 15) is 18.0 Å². The molecule has 0 saturated carbocycles. The second kappa shape index (κ2) is 6.87. The van der Waals surface area contributed by atoms with Gasteiger partial charge in [-0.3, -0.25) is 9.78 Å². The van der Waals surface area contributed by atoms with Crippen molar-refractivity contribution in [2.75, 3.05) is 10.6 Å². The molecule has 2 N–H and O–H groups in total. The summed E-state index contributed by atoms with van der Waals surface area (Å²) in [6.07, 6.45) is -3.18. The highest BCUT2D eigenvalue weighted by molar-refractivity contribution is 6.02. The van der Waals surface area contributed by atoms with Gasteiger partial charge in [0, 0.05) is 18.0 Å². The molecular weight excluding hydrogens is 349 g/mol. The van der Waals surface area contributed by atoms with E-state index in [1.54, 1.807) is 6.92 Å². The average molecular weight is 362 g/mol. The summed E-state index contributed by atoms with van der Waals surface area (Å²) >= 11 is 0. The molecule has 0 unspecified atom stereocenters. The van der Waals surface area contributed by atoms with Gasteiger partial charge in [0.25, 0.3) is 5.91 Å². The van der Waals surface area contributed by atoms with Crippen LogP contribution in [0.15, 0.2) is 53.2 Å². The first-order valence-electron chi connectivity index (χ1n) is 7.47. The van der Waals surface area contributed by atoms with Gasteiger partial charge >= 0.3 is 6.18 Å². The molecule has 1 amide bonds.